The summed E-state index contributed by atoms with van der Waals surface area (Å²) < 4.78 is 15.8. The van der Waals surface area contributed by atoms with E-state index >= 15 is 0 Å². The van der Waals surface area contributed by atoms with Gasteiger partial charge in [-0.2, -0.15) is 4.98 Å². The maximum atomic E-state index is 12.1. The Kier molecular flexibility index (Phi) is 6.81. The third kappa shape index (κ3) is 4.81. The normalized spacial score (nSPS) is 14.5. The van der Waals surface area contributed by atoms with Gasteiger partial charge >= 0.3 is 5.97 Å². The molecule has 0 bridgehead atoms. The second-order valence-electron chi connectivity index (χ2n) is 5.83. The summed E-state index contributed by atoms with van der Waals surface area (Å²) in [7, 11) is 1.61. The molecule has 0 spiro atoms. The topological polar surface area (TPSA) is 74.5 Å². The molecule has 0 aliphatic rings. The van der Waals surface area contributed by atoms with Gasteiger partial charge in [-0.05, 0) is 25.2 Å². The highest BCUT2D eigenvalue weighted by Gasteiger charge is 2.31. The zero-order valence-corrected chi connectivity index (χ0v) is 13.8. The Balaban J connectivity index is 2.98. The highest BCUT2D eigenvalue weighted by atomic mass is 16.5. The summed E-state index contributed by atoms with van der Waals surface area (Å²) in [6.45, 7) is 10.2. The maximum absolute atomic E-state index is 12.1. The van der Waals surface area contributed by atoms with Crippen molar-refractivity contribution < 1.29 is 18.8 Å². The van der Waals surface area contributed by atoms with Gasteiger partial charge in [0.25, 0.3) is 0 Å². The molecule has 6 heteroatoms. The zero-order valence-electron chi connectivity index (χ0n) is 13.8. The van der Waals surface area contributed by atoms with Gasteiger partial charge in [0.1, 0.15) is 12.0 Å². The average molecular weight is 298 g/mol. The first-order chi connectivity index (χ1) is 9.90. The van der Waals surface area contributed by atoms with Gasteiger partial charge in [-0.15, -0.1) is 0 Å². The Hall–Kier alpha value is -1.43. The fourth-order valence-corrected chi connectivity index (χ4v) is 2.19. The lowest BCUT2D eigenvalue weighted by Gasteiger charge is -2.15. The molecule has 0 saturated heterocycles. The van der Waals surface area contributed by atoms with Gasteiger partial charge < -0.3 is 14.0 Å². The number of hydrogen-bond donors (Lipinski definition) is 0. The quantitative estimate of drug-likeness (QED) is 0.686. The minimum Gasteiger partial charge on any atom is -0.465 e. The van der Waals surface area contributed by atoms with E-state index in [4.69, 9.17) is 14.0 Å². The number of carbonyl (C=O) groups excluding carboxylic acids is 1. The van der Waals surface area contributed by atoms with Crippen molar-refractivity contribution in [2.45, 2.75) is 53.1 Å². The standard InChI is InChI=1S/C15H26N2O4/c1-7-20-15(18)11(8-9(2)3)14-16-13(17-21-14)12(19-6)10(4)5/h9-12H,7-8H2,1-6H3. The second kappa shape index (κ2) is 8.12. The molecule has 1 aromatic rings. The molecule has 1 heterocycles. The molecule has 2 atom stereocenters. The van der Waals surface area contributed by atoms with Crippen LogP contribution < -0.4 is 0 Å². The summed E-state index contributed by atoms with van der Waals surface area (Å²) in [4.78, 5) is 16.4. The monoisotopic (exact) mass is 298 g/mol. The zero-order chi connectivity index (χ0) is 16.0. The molecule has 0 fully saturated rings. The minimum atomic E-state index is -0.518. The van der Waals surface area contributed by atoms with E-state index in [1.807, 2.05) is 27.7 Å². The molecular formula is C15H26N2O4. The summed E-state index contributed by atoms with van der Waals surface area (Å²) in [5, 5.41) is 3.96. The molecule has 2 unspecified atom stereocenters. The lowest BCUT2D eigenvalue weighted by atomic mass is 9.97. The minimum absolute atomic E-state index is 0.214. The summed E-state index contributed by atoms with van der Waals surface area (Å²) in [5.74, 6) is 0.473. The van der Waals surface area contributed by atoms with Crippen LogP contribution in [0.4, 0.5) is 0 Å². The smallest absolute Gasteiger partial charge is 0.318 e. The van der Waals surface area contributed by atoms with Crippen molar-refractivity contribution in [2.24, 2.45) is 11.8 Å². The molecule has 0 aliphatic carbocycles. The molecule has 0 aromatic carbocycles. The largest absolute Gasteiger partial charge is 0.465 e. The van der Waals surface area contributed by atoms with E-state index in [-0.39, 0.29) is 18.0 Å². The molecule has 0 radical (unpaired) electrons. The van der Waals surface area contributed by atoms with Crippen LogP contribution in [0.2, 0.25) is 0 Å². The van der Waals surface area contributed by atoms with Crippen LogP contribution in [0.3, 0.4) is 0 Å². The first-order valence-electron chi connectivity index (χ1n) is 7.43. The number of carbonyl (C=O) groups is 1. The molecule has 21 heavy (non-hydrogen) atoms. The summed E-state index contributed by atoms with van der Waals surface area (Å²) >= 11 is 0. The highest BCUT2D eigenvalue weighted by Crippen LogP contribution is 2.28. The number of esters is 1. The van der Waals surface area contributed by atoms with Crippen LogP contribution in [0.25, 0.3) is 0 Å². The number of rotatable bonds is 8. The van der Waals surface area contributed by atoms with Crippen molar-refractivity contribution in [1.82, 2.24) is 10.1 Å². The van der Waals surface area contributed by atoms with Crippen LogP contribution in [0.1, 0.15) is 64.8 Å². The third-order valence-corrected chi connectivity index (χ3v) is 3.15. The highest BCUT2D eigenvalue weighted by molar-refractivity contribution is 5.76. The van der Waals surface area contributed by atoms with E-state index in [0.29, 0.717) is 30.7 Å². The van der Waals surface area contributed by atoms with Crippen LogP contribution in [0, 0.1) is 11.8 Å². The molecule has 0 N–H and O–H groups in total. The number of aromatic nitrogens is 2. The van der Waals surface area contributed by atoms with E-state index < -0.39 is 5.92 Å². The molecule has 120 valence electrons. The molecule has 0 aliphatic heterocycles. The molecule has 0 amide bonds. The van der Waals surface area contributed by atoms with E-state index in [1.54, 1.807) is 14.0 Å². The van der Waals surface area contributed by atoms with Crippen LogP contribution in [-0.2, 0) is 14.3 Å². The molecule has 6 nitrogen and oxygen atoms in total. The number of nitrogens with zero attached hydrogens (tertiary/aromatic N) is 2. The van der Waals surface area contributed by atoms with Crippen molar-refractivity contribution in [3.8, 4) is 0 Å². The second-order valence-corrected chi connectivity index (χ2v) is 5.83. The third-order valence-electron chi connectivity index (χ3n) is 3.15. The van der Waals surface area contributed by atoms with Gasteiger partial charge in [-0.25, -0.2) is 0 Å². The lowest BCUT2D eigenvalue weighted by molar-refractivity contribution is -0.146. The lowest BCUT2D eigenvalue weighted by Crippen LogP contribution is -2.18. The Morgan fingerprint density at radius 2 is 1.95 bits per heavy atom. The molecule has 0 saturated carbocycles. The predicted molar refractivity (Wildman–Crippen MR) is 77.7 cm³/mol. The first kappa shape index (κ1) is 17.6. The average Bonchev–Trinajstić information content (AvgIpc) is 2.85. The SMILES string of the molecule is CCOC(=O)C(CC(C)C)c1nc(C(OC)C(C)C)no1. The Morgan fingerprint density at radius 1 is 1.29 bits per heavy atom. The van der Waals surface area contributed by atoms with E-state index in [9.17, 15) is 4.79 Å². The Labute approximate surface area is 126 Å². The number of methoxy groups -OCH3 is 1. The van der Waals surface area contributed by atoms with E-state index in [2.05, 4.69) is 10.1 Å². The fourth-order valence-electron chi connectivity index (χ4n) is 2.19. The number of hydrogen-bond acceptors (Lipinski definition) is 6. The van der Waals surface area contributed by atoms with Gasteiger partial charge in [0.2, 0.25) is 11.7 Å². The molecular weight excluding hydrogens is 272 g/mol. The van der Waals surface area contributed by atoms with Gasteiger partial charge in [0.15, 0.2) is 0 Å². The predicted octanol–water partition coefficient (Wildman–Crippen LogP) is 3.11. The van der Waals surface area contributed by atoms with Gasteiger partial charge in [0.05, 0.1) is 6.61 Å². The van der Waals surface area contributed by atoms with Crippen molar-refractivity contribution in [2.75, 3.05) is 13.7 Å². The van der Waals surface area contributed by atoms with Crippen LogP contribution in [0.5, 0.6) is 0 Å². The maximum Gasteiger partial charge on any atom is 0.318 e. The van der Waals surface area contributed by atoms with Crippen molar-refractivity contribution in [1.29, 1.82) is 0 Å². The van der Waals surface area contributed by atoms with Crippen molar-refractivity contribution in [3.63, 3.8) is 0 Å². The molecule has 1 rings (SSSR count). The Morgan fingerprint density at radius 3 is 2.43 bits per heavy atom. The van der Waals surface area contributed by atoms with Crippen LogP contribution in [-0.4, -0.2) is 29.8 Å². The van der Waals surface area contributed by atoms with Crippen LogP contribution in [0.15, 0.2) is 4.52 Å². The van der Waals surface area contributed by atoms with Crippen LogP contribution >= 0.6 is 0 Å². The van der Waals surface area contributed by atoms with Gasteiger partial charge in [-0.1, -0.05) is 32.9 Å². The summed E-state index contributed by atoms with van der Waals surface area (Å²) in [6.07, 6.45) is 0.365. The van der Waals surface area contributed by atoms with E-state index in [1.165, 1.54) is 0 Å². The van der Waals surface area contributed by atoms with Gasteiger partial charge in [-0.3, -0.25) is 4.79 Å². The van der Waals surface area contributed by atoms with E-state index in [0.717, 1.165) is 0 Å². The summed E-state index contributed by atoms with van der Waals surface area (Å²) in [5.41, 5.74) is 0. The number of ether oxygens (including phenoxy) is 2. The van der Waals surface area contributed by atoms with Crippen molar-refractivity contribution in [3.05, 3.63) is 11.7 Å². The first-order valence-corrected chi connectivity index (χ1v) is 7.43. The fraction of sp³-hybridized carbons (Fsp3) is 0.800. The molecule has 1 aromatic heterocycles. The van der Waals surface area contributed by atoms with Crippen molar-refractivity contribution >= 4 is 5.97 Å². The summed E-state index contributed by atoms with van der Waals surface area (Å²) in [6, 6.07) is 0. The Bertz CT molecular complexity index is 443. The van der Waals surface area contributed by atoms with Gasteiger partial charge in [0, 0.05) is 7.11 Å².